The average Bonchev–Trinajstić information content (AvgIpc) is 2.86. The summed E-state index contributed by atoms with van der Waals surface area (Å²) in [6.45, 7) is 4.51. The molecule has 1 aromatic heterocycles. The summed E-state index contributed by atoms with van der Waals surface area (Å²) in [6, 6.07) is 6.09. The van der Waals surface area contributed by atoms with Gasteiger partial charge in [-0.15, -0.1) is 10.2 Å². The van der Waals surface area contributed by atoms with Crippen molar-refractivity contribution in [2.45, 2.75) is 30.7 Å². The van der Waals surface area contributed by atoms with E-state index in [2.05, 4.69) is 15.5 Å². The lowest BCUT2D eigenvalue weighted by Gasteiger charge is -2.11. The van der Waals surface area contributed by atoms with Crippen molar-refractivity contribution in [2.75, 3.05) is 6.54 Å². The summed E-state index contributed by atoms with van der Waals surface area (Å²) in [4.78, 5) is 11.9. The van der Waals surface area contributed by atoms with Gasteiger partial charge >= 0.3 is 0 Å². The molecule has 7 heteroatoms. The number of benzene rings is 1. The minimum Gasteiger partial charge on any atom is -0.355 e. The van der Waals surface area contributed by atoms with Crippen LogP contribution in [0.25, 0.3) is 11.4 Å². The molecule has 0 saturated carbocycles. The standard InChI is InChI=1S/C15H19FN4OS/c1-4-9-17-14(21)10(2)22-15-19-18-13(20(15)3)11-5-7-12(16)8-6-11/h5-8,10H,4,9H2,1-3H3,(H,17,21)/t10-/m0/s1. The van der Waals surface area contributed by atoms with Crippen molar-refractivity contribution < 1.29 is 9.18 Å². The van der Waals surface area contributed by atoms with Crippen molar-refractivity contribution >= 4 is 17.7 Å². The predicted molar refractivity (Wildman–Crippen MR) is 85.0 cm³/mol. The molecule has 5 nitrogen and oxygen atoms in total. The maximum Gasteiger partial charge on any atom is 0.233 e. The highest BCUT2D eigenvalue weighted by molar-refractivity contribution is 8.00. The quantitative estimate of drug-likeness (QED) is 0.831. The Morgan fingerprint density at radius 3 is 2.68 bits per heavy atom. The number of aromatic nitrogens is 3. The molecule has 0 aliphatic carbocycles. The molecular weight excluding hydrogens is 303 g/mol. The molecule has 2 rings (SSSR count). The third-order valence-electron chi connectivity index (χ3n) is 3.14. The molecule has 1 aromatic carbocycles. The van der Waals surface area contributed by atoms with Crippen LogP contribution in [0.2, 0.25) is 0 Å². The van der Waals surface area contributed by atoms with Crippen molar-refractivity contribution in [1.29, 1.82) is 0 Å². The summed E-state index contributed by atoms with van der Waals surface area (Å²) >= 11 is 1.35. The van der Waals surface area contributed by atoms with E-state index < -0.39 is 0 Å². The van der Waals surface area contributed by atoms with Gasteiger partial charge in [0.1, 0.15) is 5.82 Å². The van der Waals surface area contributed by atoms with E-state index in [1.54, 1.807) is 12.1 Å². The maximum atomic E-state index is 13.0. The van der Waals surface area contributed by atoms with Gasteiger partial charge in [0.2, 0.25) is 5.91 Å². The van der Waals surface area contributed by atoms with Gasteiger partial charge in [0, 0.05) is 19.2 Å². The molecule has 0 aliphatic rings. The van der Waals surface area contributed by atoms with Crippen LogP contribution in [-0.4, -0.2) is 32.5 Å². The van der Waals surface area contributed by atoms with E-state index in [0.717, 1.165) is 12.0 Å². The Hall–Kier alpha value is -1.89. The minimum atomic E-state index is -0.290. The van der Waals surface area contributed by atoms with Crippen molar-refractivity contribution in [3.05, 3.63) is 30.1 Å². The van der Waals surface area contributed by atoms with Gasteiger partial charge in [0.25, 0.3) is 0 Å². The van der Waals surface area contributed by atoms with Gasteiger partial charge in [0.05, 0.1) is 5.25 Å². The summed E-state index contributed by atoms with van der Waals surface area (Å²) in [5.74, 6) is 0.337. The van der Waals surface area contributed by atoms with Gasteiger partial charge in [-0.25, -0.2) is 4.39 Å². The first-order valence-electron chi connectivity index (χ1n) is 7.12. The fourth-order valence-electron chi connectivity index (χ4n) is 1.87. The second-order valence-corrected chi connectivity index (χ2v) is 6.23. The smallest absolute Gasteiger partial charge is 0.233 e. The van der Waals surface area contributed by atoms with Gasteiger partial charge in [-0.1, -0.05) is 18.7 Å². The van der Waals surface area contributed by atoms with Crippen LogP contribution < -0.4 is 5.32 Å². The molecule has 1 atom stereocenters. The molecule has 0 spiro atoms. The number of hydrogen-bond acceptors (Lipinski definition) is 4. The topological polar surface area (TPSA) is 59.8 Å². The number of carbonyl (C=O) groups excluding carboxylic acids is 1. The Labute approximate surface area is 133 Å². The lowest BCUT2D eigenvalue weighted by Crippen LogP contribution is -2.31. The summed E-state index contributed by atoms with van der Waals surface area (Å²) in [6.07, 6.45) is 0.905. The zero-order chi connectivity index (χ0) is 16.1. The molecule has 0 saturated heterocycles. The predicted octanol–water partition coefficient (Wildman–Crippen LogP) is 2.63. The molecule has 0 fully saturated rings. The van der Waals surface area contributed by atoms with Crippen molar-refractivity contribution in [2.24, 2.45) is 7.05 Å². The maximum absolute atomic E-state index is 13.0. The molecule has 1 N–H and O–H groups in total. The van der Waals surface area contributed by atoms with Gasteiger partial charge < -0.3 is 9.88 Å². The molecule has 22 heavy (non-hydrogen) atoms. The van der Waals surface area contributed by atoms with Gasteiger partial charge in [0.15, 0.2) is 11.0 Å². The molecular formula is C15H19FN4OS. The van der Waals surface area contributed by atoms with E-state index in [1.165, 1.54) is 23.9 Å². The van der Waals surface area contributed by atoms with E-state index in [4.69, 9.17) is 0 Å². The lowest BCUT2D eigenvalue weighted by molar-refractivity contribution is -0.120. The summed E-state index contributed by atoms with van der Waals surface area (Å²) in [5.41, 5.74) is 0.784. The molecule has 0 unspecified atom stereocenters. The van der Waals surface area contributed by atoms with E-state index >= 15 is 0 Å². The molecule has 0 bridgehead atoms. The minimum absolute atomic E-state index is 0.0156. The second kappa shape index (κ2) is 7.40. The number of nitrogens with one attached hydrogen (secondary N) is 1. The fourth-order valence-corrected chi connectivity index (χ4v) is 2.71. The van der Waals surface area contributed by atoms with E-state index in [9.17, 15) is 9.18 Å². The van der Waals surface area contributed by atoms with Crippen LogP contribution in [0.3, 0.4) is 0 Å². The molecule has 0 radical (unpaired) electrons. The monoisotopic (exact) mass is 322 g/mol. The van der Waals surface area contributed by atoms with Crippen LogP contribution >= 0.6 is 11.8 Å². The Bertz CT molecular complexity index is 641. The van der Waals surface area contributed by atoms with Crippen molar-refractivity contribution in [1.82, 2.24) is 20.1 Å². The third-order valence-corrected chi connectivity index (χ3v) is 4.27. The van der Waals surface area contributed by atoms with Crippen molar-refractivity contribution in [3.63, 3.8) is 0 Å². The van der Waals surface area contributed by atoms with Crippen LogP contribution in [0.15, 0.2) is 29.4 Å². The van der Waals surface area contributed by atoms with Crippen molar-refractivity contribution in [3.8, 4) is 11.4 Å². The van der Waals surface area contributed by atoms with Crippen LogP contribution in [0.4, 0.5) is 4.39 Å². The Balaban J connectivity index is 2.11. The van der Waals surface area contributed by atoms with Gasteiger partial charge in [-0.3, -0.25) is 4.79 Å². The number of carbonyl (C=O) groups is 1. The average molecular weight is 322 g/mol. The van der Waals surface area contributed by atoms with E-state index in [-0.39, 0.29) is 17.0 Å². The SMILES string of the molecule is CCCNC(=O)[C@H](C)Sc1nnc(-c2ccc(F)cc2)n1C. The fraction of sp³-hybridized carbons (Fsp3) is 0.400. The number of nitrogens with zero attached hydrogens (tertiary/aromatic N) is 3. The van der Waals surface area contributed by atoms with Crippen LogP contribution in [0, 0.1) is 5.82 Å². The molecule has 1 amide bonds. The number of amides is 1. The summed E-state index contributed by atoms with van der Waals surface area (Å²) in [5, 5.41) is 11.5. The summed E-state index contributed by atoms with van der Waals surface area (Å²) in [7, 11) is 1.83. The zero-order valence-corrected chi connectivity index (χ0v) is 13.7. The highest BCUT2D eigenvalue weighted by Crippen LogP contribution is 2.25. The second-order valence-electron chi connectivity index (χ2n) is 4.92. The zero-order valence-electron chi connectivity index (χ0n) is 12.8. The summed E-state index contributed by atoms with van der Waals surface area (Å²) < 4.78 is 14.8. The number of rotatable bonds is 6. The molecule has 0 aliphatic heterocycles. The number of thioether (sulfide) groups is 1. The third kappa shape index (κ3) is 3.85. The molecule has 118 valence electrons. The number of halogens is 1. The van der Waals surface area contributed by atoms with Crippen LogP contribution in [0.1, 0.15) is 20.3 Å². The van der Waals surface area contributed by atoms with E-state index in [1.807, 2.05) is 25.5 Å². The number of hydrogen-bond donors (Lipinski definition) is 1. The lowest BCUT2D eigenvalue weighted by atomic mass is 10.2. The first-order valence-corrected chi connectivity index (χ1v) is 8.00. The Morgan fingerprint density at radius 1 is 1.36 bits per heavy atom. The van der Waals surface area contributed by atoms with Gasteiger partial charge in [-0.2, -0.15) is 0 Å². The molecule has 2 aromatic rings. The first-order chi connectivity index (χ1) is 10.5. The van der Waals surface area contributed by atoms with Gasteiger partial charge in [-0.05, 0) is 37.6 Å². The van der Waals surface area contributed by atoms with Crippen LogP contribution in [0.5, 0.6) is 0 Å². The highest BCUT2D eigenvalue weighted by Gasteiger charge is 2.18. The first kappa shape index (κ1) is 16.5. The Morgan fingerprint density at radius 2 is 2.05 bits per heavy atom. The Kier molecular flexibility index (Phi) is 5.54. The largest absolute Gasteiger partial charge is 0.355 e. The van der Waals surface area contributed by atoms with Crippen LogP contribution in [-0.2, 0) is 11.8 Å². The van der Waals surface area contributed by atoms with E-state index in [0.29, 0.717) is 17.5 Å². The highest BCUT2D eigenvalue weighted by atomic mass is 32.2. The normalized spacial score (nSPS) is 12.2. The molecule has 1 heterocycles.